The van der Waals surface area contributed by atoms with E-state index in [2.05, 4.69) is 40.9 Å². The molecule has 0 aromatic heterocycles. The maximum Gasteiger partial charge on any atom is 0.511 e. The summed E-state index contributed by atoms with van der Waals surface area (Å²) in [4.78, 5) is 0. The average Bonchev–Trinajstić information content (AvgIpc) is 2.63. The number of alkyl halides is 3. The maximum atomic E-state index is 12.7. The number of ether oxygens (including phenoxy) is 2. The van der Waals surface area contributed by atoms with Crippen molar-refractivity contribution in [1.29, 1.82) is 0 Å². The minimum Gasteiger partial charge on any atom is -0.465 e. The van der Waals surface area contributed by atoms with Gasteiger partial charge in [-0.25, -0.2) is 8.42 Å². The van der Waals surface area contributed by atoms with Crippen molar-refractivity contribution in [2.45, 2.75) is 50.1 Å². The summed E-state index contributed by atoms with van der Waals surface area (Å²) in [7, 11) is -6.49. The Bertz CT molecular complexity index is 858. The van der Waals surface area contributed by atoms with Crippen LogP contribution in [0.1, 0.15) is 12.8 Å². The molecule has 178 valence electrons. The monoisotopic (exact) mass is 547 g/mol. The zero-order chi connectivity index (χ0) is 23.4. The number of hydrogen-bond donors (Lipinski definition) is 2. The van der Waals surface area contributed by atoms with E-state index >= 15 is 0 Å². The van der Waals surface area contributed by atoms with E-state index in [9.17, 15) is 21.6 Å². The van der Waals surface area contributed by atoms with E-state index < -0.39 is 23.6 Å². The lowest BCUT2D eigenvalue weighted by atomic mass is 10.1. The summed E-state index contributed by atoms with van der Waals surface area (Å²) in [6, 6.07) is 4.24. The van der Waals surface area contributed by atoms with Gasteiger partial charge in [-0.05, 0) is 31.0 Å². The highest BCUT2D eigenvalue weighted by Gasteiger charge is 2.50. The first kappa shape index (κ1) is 26.2. The van der Waals surface area contributed by atoms with Gasteiger partial charge in [0.2, 0.25) is 0 Å². The molecule has 0 spiro atoms. The number of piperidine rings is 1. The van der Waals surface area contributed by atoms with Gasteiger partial charge >= 0.3 is 15.5 Å². The van der Waals surface area contributed by atoms with Crippen LogP contribution in [0.4, 0.5) is 24.5 Å². The number of anilines is 2. The lowest BCUT2D eigenvalue weighted by molar-refractivity contribution is -0.0494. The Hall–Kier alpha value is -1.02. The summed E-state index contributed by atoms with van der Waals surface area (Å²) in [5.41, 5.74) is 1.82. The van der Waals surface area contributed by atoms with Gasteiger partial charge in [0.1, 0.15) is 5.75 Å². The Morgan fingerprint density at radius 3 is 2.42 bits per heavy atom. The molecule has 1 heterocycles. The quantitative estimate of drug-likeness (QED) is 0.205. The summed E-state index contributed by atoms with van der Waals surface area (Å²) in [5.74, 6) is 0.418. The molecule has 1 fully saturated rings. The predicted octanol–water partition coefficient (Wildman–Crippen LogP) is 4.45. The lowest BCUT2D eigenvalue weighted by Gasteiger charge is -2.32. The number of nitrogens with zero attached hydrogens (tertiary/aromatic N) is 1. The fraction of sp³-hybridized carbons (Fsp3) is 0.667. The van der Waals surface area contributed by atoms with Gasteiger partial charge in [0.05, 0.1) is 11.4 Å². The molecule has 1 aliphatic heterocycles. The second-order valence-corrected chi connectivity index (χ2v) is 17.1. The van der Waals surface area contributed by atoms with Gasteiger partial charge in [0.25, 0.3) is 0 Å². The molecule has 7 nitrogen and oxygen atoms in total. The van der Waals surface area contributed by atoms with E-state index in [1.54, 1.807) is 12.1 Å². The summed E-state index contributed by atoms with van der Waals surface area (Å²) in [6.45, 7) is 6.98. The van der Waals surface area contributed by atoms with Crippen LogP contribution >= 0.6 is 15.9 Å². The van der Waals surface area contributed by atoms with Gasteiger partial charge in [0.15, 0.2) is 6.79 Å². The van der Waals surface area contributed by atoms with E-state index in [4.69, 9.17) is 15.2 Å². The molecule has 31 heavy (non-hydrogen) atoms. The molecule has 0 aliphatic carbocycles. The minimum atomic E-state index is -5.30. The van der Waals surface area contributed by atoms with E-state index in [0.717, 1.165) is 6.04 Å². The normalized spacial score (nSPS) is 17.0. The third kappa shape index (κ3) is 7.51. The standard InChI is InChI=1S/C18H29BrF3N3O4SSi/c1-31(2,3)9-8-28-12-29-16-11-13(19)10-15(17(16)23)24-14-4-6-25(7-5-14)30(26,27)18(20,21)22/h10-11,14,24H,4-9,12,23H2,1-3H3. The average molecular weight is 548 g/mol. The molecule has 3 N–H and O–H groups in total. The van der Waals surface area contributed by atoms with Crippen molar-refractivity contribution in [2.24, 2.45) is 0 Å². The van der Waals surface area contributed by atoms with Gasteiger partial charge in [-0.15, -0.1) is 0 Å². The molecule has 1 aliphatic rings. The van der Waals surface area contributed by atoms with Crippen molar-refractivity contribution < 1.29 is 31.1 Å². The van der Waals surface area contributed by atoms with Crippen LogP contribution in [0.3, 0.4) is 0 Å². The highest BCUT2D eigenvalue weighted by Crippen LogP contribution is 2.36. The second kappa shape index (κ2) is 10.3. The molecular weight excluding hydrogens is 519 g/mol. The second-order valence-electron chi connectivity index (χ2n) is 8.61. The van der Waals surface area contributed by atoms with E-state index in [0.29, 0.717) is 32.5 Å². The first-order valence-electron chi connectivity index (χ1n) is 9.83. The number of nitrogens with one attached hydrogen (secondary N) is 1. The molecule has 0 unspecified atom stereocenters. The van der Waals surface area contributed by atoms with Crippen LogP contribution < -0.4 is 15.8 Å². The Balaban J connectivity index is 1.94. The van der Waals surface area contributed by atoms with Gasteiger partial charge < -0.3 is 20.5 Å². The maximum absolute atomic E-state index is 12.7. The molecule has 0 saturated carbocycles. The van der Waals surface area contributed by atoms with Crippen LogP contribution in [0.2, 0.25) is 25.7 Å². The summed E-state index contributed by atoms with van der Waals surface area (Å²) < 4.78 is 73.6. The molecule has 0 amide bonds. The molecule has 13 heteroatoms. The largest absolute Gasteiger partial charge is 0.511 e. The topological polar surface area (TPSA) is 93.9 Å². The molecule has 1 aromatic rings. The van der Waals surface area contributed by atoms with Crippen LogP contribution in [-0.4, -0.2) is 58.8 Å². The Labute approximate surface area is 190 Å². The fourth-order valence-electron chi connectivity index (χ4n) is 2.98. The molecule has 0 bridgehead atoms. The van der Waals surface area contributed by atoms with Crippen molar-refractivity contribution in [3.8, 4) is 5.75 Å². The van der Waals surface area contributed by atoms with Gasteiger partial charge in [-0.1, -0.05) is 35.6 Å². The van der Waals surface area contributed by atoms with E-state index in [1.165, 1.54) is 0 Å². The Kier molecular flexibility index (Phi) is 8.70. The molecule has 2 rings (SSSR count). The summed E-state index contributed by atoms with van der Waals surface area (Å²) in [5, 5.41) is 3.19. The van der Waals surface area contributed by atoms with Crippen molar-refractivity contribution in [3.05, 3.63) is 16.6 Å². The van der Waals surface area contributed by atoms with Crippen molar-refractivity contribution in [2.75, 3.05) is 37.5 Å². The first-order valence-corrected chi connectivity index (χ1v) is 15.8. The molecule has 1 saturated heterocycles. The van der Waals surface area contributed by atoms with Crippen molar-refractivity contribution >= 4 is 45.4 Å². The molecule has 0 atom stereocenters. The van der Waals surface area contributed by atoms with Gasteiger partial charge in [0, 0.05) is 38.3 Å². The summed E-state index contributed by atoms with van der Waals surface area (Å²) >= 11 is 3.39. The smallest absolute Gasteiger partial charge is 0.465 e. The lowest BCUT2D eigenvalue weighted by Crippen LogP contribution is -2.47. The first-order chi connectivity index (χ1) is 14.2. The van der Waals surface area contributed by atoms with Crippen LogP contribution in [0.5, 0.6) is 5.75 Å². The zero-order valence-corrected chi connectivity index (χ0v) is 21.2. The number of rotatable bonds is 9. The van der Waals surface area contributed by atoms with E-state index in [1.807, 2.05) is 0 Å². The van der Waals surface area contributed by atoms with Crippen molar-refractivity contribution in [1.82, 2.24) is 4.31 Å². The Morgan fingerprint density at radius 1 is 1.26 bits per heavy atom. The molecular formula is C18H29BrF3N3O4SSi. The zero-order valence-electron chi connectivity index (χ0n) is 17.8. The van der Waals surface area contributed by atoms with Gasteiger partial charge in [-0.3, -0.25) is 0 Å². The number of halogens is 4. The molecule has 0 radical (unpaired) electrons. The third-order valence-electron chi connectivity index (χ3n) is 4.85. The van der Waals surface area contributed by atoms with Crippen LogP contribution in [0, 0.1) is 0 Å². The van der Waals surface area contributed by atoms with Crippen LogP contribution in [-0.2, 0) is 14.8 Å². The number of nitrogen functional groups attached to an aromatic ring is 1. The Morgan fingerprint density at radius 2 is 1.87 bits per heavy atom. The third-order valence-corrected chi connectivity index (χ3v) is 8.64. The van der Waals surface area contributed by atoms with Gasteiger partial charge in [-0.2, -0.15) is 17.5 Å². The highest BCUT2D eigenvalue weighted by atomic mass is 79.9. The molecule has 1 aromatic carbocycles. The van der Waals surface area contributed by atoms with Crippen molar-refractivity contribution in [3.63, 3.8) is 0 Å². The van der Waals surface area contributed by atoms with Crippen LogP contribution in [0.15, 0.2) is 16.6 Å². The highest BCUT2D eigenvalue weighted by molar-refractivity contribution is 9.10. The number of nitrogens with two attached hydrogens (primary N) is 1. The number of benzene rings is 1. The minimum absolute atomic E-state index is 0.0538. The predicted molar refractivity (Wildman–Crippen MR) is 121 cm³/mol. The SMILES string of the molecule is C[Si](C)(C)CCOCOc1cc(Br)cc(NC2CCN(S(=O)(=O)C(F)(F)F)CC2)c1N. The number of hydrogen-bond acceptors (Lipinski definition) is 6. The summed E-state index contributed by atoms with van der Waals surface area (Å²) in [6.07, 6.45) is 0.439. The fourth-order valence-corrected chi connectivity index (χ4v) is 5.16. The van der Waals surface area contributed by atoms with E-state index in [-0.39, 0.29) is 38.8 Å². The number of sulfonamides is 1. The van der Waals surface area contributed by atoms with Crippen LogP contribution in [0.25, 0.3) is 0 Å².